The summed E-state index contributed by atoms with van der Waals surface area (Å²) < 4.78 is 0. The third kappa shape index (κ3) is 3.86. The molecular weight excluding hydrogens is 267 g/mol. The van der Waals surface area contributed by atoms with Gasteiger partial charge in [-0.15, -0.1) is 0 Å². The standard InChI is InChI=1S/C14H20Cl2N2/c1-14(2)10-18(7-3-6-17-14)9-11-8-12(15)4-5-13(11)16/h4-5,8,17H,3,6-7,9-10H2,1-2H3. The smallest absolute Gasteiger partial charge is 0.0452 e. The zero-order chi connectivity index (χ0) is 13.2. The summed E-state index contributed by atoms with van der Waals surface area (Å²) in [5.41, 5.74) is 1.27. The minimum Gasteiger partial charge on any atom is -0.310 e. The first kappa shape index (κ1) is 14.1. The maximum Gasteiger partial charge on any atom is 0.0452 e. The molecule has 1 heterocycles. The molecule has 4 heteroatoms. The molecule has 0 aliphatic carbocycles. The zero-order valence-corrected chi connectivity index (χ0v) is 12.5. The molecule has 0 atom stereocenters. The van der Waals surface area contributed by atoms with Crippen LogP contribution in [0.5, 0.6) is 0 Å². The summed E-state index contributed by atoms with van der Waals surface area (Å²) >= 11 is 12.3. The van der Waals surface area contributed by atoms with Gasteiger partial charge in [0.25, 0.3) is 0 Å². The largest absolute Gasteiger partial charge is 0.310 e. The van der Waals surface area contributed by atoms with E-state index in [-0.39, 0.29) is 5.54 Å². The van der Waals surface area contributed by atoms with Gasteiger partial charge in [-0.25, -0.2) is 0 Å². The van der Waals surface area contributed by atoms with Crippen molar-refractivity contribution in [2.45, 2.75) is 32.4 Å². The van der Waals surface area contributed by atoms with E-state index in [9.17, 15) is 0 Å². The van der Waals surface area contributed by atoms with Gasteiger partial charge in [-0.3, -0.25) is 4.90 Å². The molecule has 1 aliphatic rings. The Morgan fingerprint density at radius 3 is 2.89 bits per heavy atom. The fourth-order valence-corrected chi connectivity index (χ4v) is 2.84. The lowest BCUT2D eigenvalue weighted by Gasteiger charge is -2.30. The molecule has 0 amide bonds. The maximum atomic E-state index is 6.23. The number of benzene rings is 1. The number of halogens is 2. The Bertz CT molecular complexity index is 418. The Labute approximate surface area is 119 Å². The van der Waals surface area contributed by atoms with Gasteiger partial charge in [-0.05, 0) is 57.1 Å². The van der Waals surface area contributed by atoms with Crippen molar-refractivity contribution in [1.29, 1.82) is 0 Å². The fraction of sp³-hybridized carbons (Fsp3) is 0.571. The molecule has 0 spiro atoms. The van der Waals surface area contributed by atoms with Gasteiger partial charge >= 0.3 is 0 Å². The second-order valence-electron chi connectivity index (χ2n) is 5.61. The van der Waals surface area contributed by atoms with E-state index in [4.69, 9.17) is 23.2 Å². The molecule has 0 bridgehead atoms. The van der Waals surface area contributed by atoms with Crippen molar-refractivity contribution in [3.8, 4) is 0 Å². The highest BCUT2D eigenvalue weighted by Crippen LogP contribution is 2.23. The topological polar surface area (TPSA) is 15.3 Å². The minimum absolute atomic E-state index is 0.154. The predicted molar refractivity (Wildman–Crippen MR) is 78.4 cm³/mol. The SMILES string of the molecule is CC1(C)CN(Cc2cc(Cl)ccc2Cl)CCCN1. The van der Waals surface area contributed by atoms with Gasteiger partial charge in [0.2, 0.25) is 0 Å². The van der Waals surface area contributed by atoms with Crippen LogP contribution in [0.3, 0.4) is 0 Å². The fourth-order valence-electron chi connectivity index (χ4n) is 2.46. The monoisotopic (exact) mass is 286 g/mol. The summed E-state index contributed by atoms with van der Waals surface area (Å²) in [6, 6.07) is 5.68. The Hall–Kier alpha value is -0.280. The molecule has 1 aliphatic heterocycles. The number of nitrogens with zero attached hydrogens (tertiary/aromatic N) is 1. The van der Waals surface area contributed by atoms with Crippen LogP contribution in [0, 0.1) is 0 Å². The van der Waals surface area contributed by atoms with Crippen LogP contribution >= 0.6 is 23.2 Å². The van der Waals surface area contributed by atoms with Gasteiger partial charge in [-0.1, -0.05) is 23.2 Å². The summed E-state index contributed by atoms with van der Waals surface area (Å²) in [5, 5.41) is 5.11. The lowest BCUT2D eigenvalue weighted by molar-refractivity contribution is 0.224. The van der Waals surface area contributed by atoms with Crippen LogP contribution in [-0.2, 0) is 6.54 Å². The van der Waals surface area contributed by atoms with E-state index in [1.807, 2.05) is 18.2 Å². The molecule has 1 N–H and O–H groups in total. The molecule has 2 rings (SSSR count). The first-order valence-corrected chi connectivity index (χ1v) is 7.13. The maximum absolute atomic E-state index is 6.23. The van der Waals surface area contributed by atoms with E-state index in [2.05, 4.69) is 24.1 Å². The van der Waals surface area contributed by atoms with Crippen molar-refractivity contribution < 1.29 is 0 Å². The second-order valence-corrected chi connectivity index (χ2v) is 6.45. The van der Waals surface area contributed by atoms with Crippen molar-refractivity contribution in [2.75, 3.05) is 19.6 Å². The minimum atomic E-state index is 0.154. The summed E-state index contributed by atoms with van der Waals surface area (Å²) in [7, 11) is 0. The molecule has 1 aromatic carbocycles. The average Bonchev–Trinajstić information content (AvgIpc) is 2.44. The van der Waals surface area contributed by atoms with Gasteiger partial charge in [0.1, 0.15) is 0 Å². The van der Waals surface area contributed by atoms with Crippen LogP contribution in [0.15, 0.2) is 18.2 Å². The van der Waals surface area contributed by atoms with Crippen LogP contribution in [-0.4, -0.2) is 30.1 Å². The Kier molecular flexibility index (Phi) is 4.54. The number of rotatable bonds is 2. The molecule has 1 aromatic rings. The molecule has 1 saturated heterocycles. The van der Waals surface area contributed by atoms with Crippen LogP contribution < -0.4 is 5.32 Å². The van der Waals surface area contributed by atoms with Gasteiger partial charge in [0.05, 0.1) is 0 Å². The highest BCUT2D eigenvalue weighted by molar-refractivity contribution is 6.33. The first-order valence-electron chi connectivity index (χ1n) is 6.38. The molecular formula is C14H20Cl2N2. The lowest BCUT2D eigenvalue weighted by Crippen LogP contribution is -2.46. The number of nitrogens with one attached hydrogen (secondary N) is 1. The van der Waals surface area contributed by atoms with Crippen LogP contribution in [0.25, 0.3) is 0 Å². The van der Waals surface area contributed by atoms with Gasteiger partial charge in [0, 0.05) is 28.7 Å². The Balaban J connectivity index is 2.10. The van der Waals surface area contributed by atoms with E-state index in [1.165, 1.54) is 6.42 Å². The van der Waals surface area contributed by atoms with Crippen molar-refractivity contribution in [2.24, 2.45) is 0 Å². The molecule has 18 heavy (non-hydrogen) atoms. The molecule has 100 valence electrons. The van der Waals surface area contributed by atoms with Crippen molar-refractivity contribution in [3.63, 3.8) is 0 Å². The highest BCUT2D eigenvalue weighted by atomic mass is 35.5. The van der Waals surface area contributed by atoms with Crippen molar-refractivity contribution in [1.82, 2.24) is 10.2 Å². The molecule has 1 fully saturated rings. The van der Waals surface area contributed by atoms with Crippen LogP contribution in [0.4, 0.5) is 0 Å². The van der Waals surface area contributed by atoms with Crippen LogP contribution in [0.1, 0.15) is 25.8 Å². The van der Waals surface area contributed by atoms with E-state index in [0.717, 1.165) is 41.8 Å². The number of hydrogen-bond acceptors (Lipinski definition) is 2. The molecule has 0 unspecified atom stereocenters. The Morgan fingerprint density at radius 1 is 1.33 bits per heavy atom. The average molecular weight is 287 g/mol. The first-order chi connectivity index (χ1) is 8.46. The van der Waals surface area contributed by atoms with Gasteiger partial charge in [0.15, 0.2) is 0 Å². The molecule has 2 nitrogen and oxygen atoms in total. The zero-order valence-electron chi connectivity index (χ0n) is 11.0. The summed E-state index contributed by atoms with van der Waals surface area (Å²) in [6.45, 7) is 8.54. The summed E-state index contributed by atoms with van der Waals surface area (Å²) in [4.78, 5) is 2.44. The lowest BCUT2D eigenvalue weighted by atomic mass is 10.1. The third-order valence-corrected chi connectivity index (χ3v) is 3.88. The predicted octanol–water partition coefficient (Wildman–Crippen LogP) is 3.57. The van der Waals surface area contributed by atoms with E-state index < -0.39 is 0 Å². The second kappa shape index (κ2) is 5.79. The highest BCUT2D eigenvalue weighted by Gasteiger charge is 2.24. The van der Waals surface area contributed by atoms with Gasteiger partial charge < -0.3 is 5.32 Å². The van der Waals surface area contributed by atoms with Crippen LogP contribution in [0.2, 0.25) is 10.0 Å². The number of hydrogen-bond donors (Lipinski definition) is 1. The van der Waals surface area contributed by atoms with Crippen molar-refractivity contribution >= 4 is 23.2 Å². The molecule has 0 saturated carbocycles. The molecule has 0 radical (unpaired) electrons. The summed E-state index contributed by atoms with van der Waals surface area (Å²) in [5.74, 6) is 0. The summed E-state index contributed by atoms with van der Waals surface area (Å²) in [6.07, 6.45) is 1.17. The van der Waals surface area contributed by atoms with E-state index in [0.29, 0.717) is 0 Å². The third-order valence-electron chi connectivity index (χ3n) is 3.28. The van der Waals surface area contributed by atoms with E-state index in [1.54, 1.807) is 0 Å². The quantitative estimate of drug-likeness (QED) is 0.894. The van der Waals surface area contributed by atoms with E-state index >= 15 is 0 Å². The molecule has 0 aromatic heterocycles. The van der Waals surface area contributed by atoms with Gasteiger partial charge in [-0.2, -0.15) is 0 Å². The van der Waals surface area contributed by atoms with Crippen molar-refractivity contribution in [3.05, 3.63) is 33.8 Å². The Morgan fingerprint density at radius 2 is 2.11 bits per heavy atom. The normalized spacial score (nSPS) is 20.7.